The van der Waals surface area contributed by atoms with Crippen molar-refractivity contribution in [1.82, 2.24) is 19.5 Å². The lowest BCUT2D eigenvalue weighted by molar-refractivity contribution is 0.0768. The number of ketones is 1. The first-order valence-electron chi connectivity index (χ1n) is 7.28. The third-order valence-electron chi connectivity index (χ3n) is 5.01. The Hall–Kier alpha value is -1.75. The minimum absolute atomic E-state index is 0.138. The van der Waals surface area contributed by atoms with Gasteiger partial charge in [-0.05, 0) is 38.8 Å². The highest BCUT2D eigenvalue weighted by atomic mass is 16.1. The van der Waals surface area contributed by atoms with Crippen molar-refractivity contribution in [2.75, 3.05) is 7.05 Å². The van der Waals surface area contributed by atoms with Gasteiger partial charge in [-0.3, -0.25) is 4.79 Å². The number of nitrogens with zero attached hydrogens (tertiary/aromatic N) is 4. The van der Waals surface area contributed by atoms with Crippen LogP contribution in [-0.2, 0) is 0 Å². The fourth-order valence-corrected chi connectivity index (χ4v) is 3.85. The molecule has 20 heavy (non-hydrogen) atoms. The highest BCUT2D eigenvalue weighted by Gasteiger charge is 2.41. The van der Waals surface area contributed by atoms with Gasteiger partial charge >= 0.3 is 0 Å². The van der Waals surface area contributed by atoms with Crippen LogP contribution in [0.2, 0.25) is 0 Å². The number of hydrogen-bond donors (Lipinski definition) is 0. The smallest absolute Gasteiger partial charge is 0.171 e. The van der Waals surface area contributed by atoms with Gasteiger partial charge in [0.1, 0.15) is 0 Å². The van der Waals surface area contributed by atoms with E-state index in [1.165, 1.54) is 12.8 Å². The van der Waals surface area contributed by atoms with E-state index in [0.717, 1.165) is 12.8 Å². The van der Waals surface area contributed by atoms with Gasteiger partial charge in [0.05, 0.1) is 11.8 Å². The molecule has 2 fully saturated rings. The minimum Gasteiger partial charge on any atom is -0.300 e. The van der Waals surface area contributed by atoms with E-state index >= 15 is 0 Å². The number of piperidine rings is 1. The lowest BCUT2D eigenvalue weighted by Crippen LogP contribution is -2.42. The van der Waals surface area contributed by atoms with Crippen molar-refractivity contribution in [2.24, 2.45) is 5.92 Å². The Morgan fingerprint density at radius 3 is 2.80 bits per heavy atom. The third kappa shape index (κ3) is 1.69. The number of hydrogen-bond acceptors (Lipinski definition) is 4. The van der Waals surface area contributed by atoms with Crippen LogP contribution in [0.4, 0.5) is 0 Å². The number of aromatic nitrogens is 3. The lowest BCUT2D eigenvalue weighted by Gasteiger charge is -2.35. The van der Waals surface area contributed by atoms with E-state index in [0.29, 0.717) is 23.3 Å². The van der Waals surface area contributed by atoms with Gasteiger partial charge < -0.3 is 4.90 Å². The molecule has 2 saturated heterocycles. The van der Waals surface area contributed by atoms with Crippen LogP contribution in [0.25, 0.3) is 5.65 Å². The minimum atomic E-state index is 0.138. The fourth-order valence-electron chi connectivity index (χ4n) is 3.85. The zero-order valence-corrected chi connectivity index (χ0v) is 11.6. The summed E-state index contributed by atoms with van der Waals surface area (Å²) in [6, 6.07) is 2.99. The molecule has 2 unspecified atom stereocenters. The van der Waals surface area contributed by atoms with Crippen molar-refractivity contribution >= 4 is 11.4 Å². The normalized spacial score (nSPS) is 29.9. The van der Waals surface area contributed by atoms with E-state index in [9.17, 15) is 4.79 Å². The molecule has 0 N–H and O–H groups in total. The number of carbonyl (C=O) groups is 1. The summed E-state index contributed by atoms with van der Waals surface area (Å²) in [5.41, 5.74) is 1.36. The van der Waals surface area contributed by atoms with Crippen LogP contribution in [-0.4, -0.2) is 44.4 Å². The molecule has 2 aliphatic rings. The first-order valence-corrected chi connectivity index (χ1v) is 7.28. The molecule has 0 aromatic carbocycles. The third-order valence-corrected chi connectivity index (χ3v) is 5.01. The van der Waals surface area contributed by atoms with Crippen LogP contribution < -0.4 is 0 Å². The molecule has 2 atom stereocenters. The summed E-state index contributed by atoms with van der Waals surface area (Å²) < 4.78 is 1.68. The molecule has 104 valence electrons. The first-order chi connectivity index (χ1) is 9.74. The van der Waals surface area contributed by atoms with Gasteiger partial charge in [0.25, 0.3) is 0 Å². The maximum Gasteiger partial charge on any atom is 0.171 e. The highest BCUT2D eigenvalue weighted by Crippen LogP contribution is 2.38. The summed E-state index contributed by atoms with van der Waals surface area (Å²) in [5.74, 6) is 0.363. The number of Topliss-reactive ketones (excluding diaryl/α,β-unsaturated/α-hetero) is 1. The average Bonchev–Trinajstić information content (AvgIpc) is 2.95. The largest absolute Gasteiger partial charge is 0.300 e. The maximum absolute atomic E-state index is 12.8. The van der Waals surface area contributed by atoms with Crippen molar-refractivity contribution in [2.45, 2.75) is 37.8 Å². The maximum atomic E-state index is 12.8. The predicted molar refractivity (Wildman–Crippen MR) is 74.6 cm³/mol. The van der Waals surface area contributed by atoms with E-state index in [2.05, 4.69) is 22.0 Å². The zero-order chi connectivity index (χ0) is 13.7. The molecule has 0 radical (unpaired) electrons. The van der Waals surface area contributed by atoms with E-state index in [4.69, 9.17) is 0 Å². The molecule has 0 saturated carbocycles. The quantitative estimate of drug-likeness (QED) is 0.781. The summed E-state index contributed by atoms with van der Waals surface area (Å²) in [7, 11) is 2.19. The van der Waals surface area contributed by atoms with Crippen LogP contribution in [0.1, 0.15) is 36.0 Å². The van der Waals surface area contributed by atoms with E-state index in [1.54, 1.807) is 16.9 Å². The number of carbonyl (C=O) groups excluding carboxylic acids is 1. The van der Waals surface area contributed by atoms with Crippen molar-refractivity contribution in [3.63, 3.8) is 0 Å². The van der Waals surface area contributed by atoms with Crippen molar-refractivity contribution in [1.29, 1.82) is 0 Å². The molecule has 4 rings (SSSR count). The second-order valence-corrected chi connectivity index (χ2v) is 6.03. The molecule has 2 aliphatic heterocycles. The Morgan fingerprint density at radius 2 is 2.05 bits per heavy atom. The summed E-state index contributed by atoms with van der Waals surface area (Å²) >= 11 is 0. The molecule has 2 aromatic heterocycles. The average molecular weight is 270 g/mol. The standard InChI is InChI=1S/C15H18N4O/c1-18-11-3-4-12(18)8-10(7-11)14(20)13-9-17-19-6-2-5-16-15(13)19/h2,5-6,9-12H,3-4,7-8H2,1H3. The van der Waals surface area contributed by atoms with Crippen LogP contribution >= 0.6 is 0 Å². The van der Waals surface area contributed by atoms with Crippen LogP contribution in [0.5, 0.6) is 0 Å². The Morgan fingerprint density at radius 1 is 1.30 bits per heavy atom. The second-order valence-electron chi connectivity index (χ2n) is 6.03. The van der Waals surface area contributed by atoms with E-state index in [1.807, 2.05) is 12.3 Å². The Kier molecular flexibility index (Phi) is 2.63. The Bertz CT molecular complexity index is 651. The van der Waals surface area contributed by atoms with Crippen molar-refractivity contribution < 1.29 is 4.79 Å². The molecule has 5 nitrogen and oxygen atoms in total. The summed E-state index contributed by atoms with van der Waals surface area (Å²) in [6.07, 6.45) is 9.65. The predicted octanol–water partition coefficient (Wildman–Crippen LogP) is 1.78. The van der Waals surface area contributed by atoms with Crippen molar-refractivity contribution in [3.05, 3.63) is 30.2 Å². The van der Waals surface area contributed by atoms with Gasteiger partial charge in [-0.1, -0.05) is 0 Å². The van der Waals surface area contributed by atoms with Crippen LogP contribution in [0.15, 0.2) is 24.7 Å². The van der Waals surface area contributed by atoms with Gasteiger partial charge in [-0.15, -0.1) is 0 Å². The Balaban J connectivity index is 1.65. The summed E-state index contributed by atoms with van der Waals surface area (Å²) in [6.45, 7) is 0. The first kappa shape index (κ1) is 12.0. The molecule has 5 heteroatoms. The zero-order valence-electron chi connectivity index (χ0n) is 11.6. The van der Waals surface area contributed by atoms with Crippen molar-refractivity contribution in [3.8, 4) is 0 Å². The lowest BCUT2D eigenvalue weighted by atomic mass is 9.85. The van der Waals surface area contributed by atoms with Gasteiger partial charge in [0.15, 0.2) is 11.4 Å². The topological polar surface area (TPSA) is 50.5 Å². The monoisotopic (exact) mass is 270 g/mol. The second kappa shape index (κ2) is 4.38. The molecule has 4 heterocycles. The van der Waals surface area contributed by atoms with Gasteiger partial charge in [-0.2, -0.15) is 5.10 Å². The van der Waals surface area contributed by atoms with Gasteiger partial charge in [0.2, 0.25) is 0 Å². The molecule has 2 bridgehead atoms. The van der Waals surface area contributed by atoms with Crippen LogP contribution in [0, 0.1) is 5.92 Å². The molecular weight excluding hydrogens is 252 g/mol. The van der Waals surface area contributed by atoms with E-state index < -0.39 is 0 Å². The summed E-state index contributed by atoms with van der Waals surface area (Å²) in [5, 5.41) is 4.23. The Labute approximate surface area is 117 Å². The SMILES string of the molecule is CN1C2CCC1CC(C(=O)c1cnn3cccnc13)C2. The molecule has 0 amide bonds. The molecule has 0 spiro atoms. The van der Waals surface area contributed by atoms with E-state index in [-0.39, 0.29) is 11.7 Å². The van der Waals surface area contributed by atoms with Crippen LogP contribution in [0.3, 0.4) is 0 Å². The molecule has 2 aromatic rings. The molecule has 0 aliphatic carbocycles. The number of fused-ring (bicyclic) bond motifs is 3. The number of rotatable bonds is 2. The summed E-state index contributed by atoms with van der Waals surface area (Å²) in [4.78, 5) is 19.5. The van der Waals surface area contributed by atoms with Gasteiger partial charge in [-0.25, -0.2) is 9.50 Å². The molecular formula is C15H18N4O. The highest BCUT2D eigenvalue weighted by molar-refractivity contribution is 6.02. The fraction of sp³-hybridized carbons (Fsp3) is 0.533. The van der Waals surface area contributed by atoms with Gasteiger partial charge in [0, 0.05) is 30.4 Å².